The zero-order valence-corrected chi connectivity index (χ0v) is 10.7. The molecule has 1 aromatic heterocycles. The Labute approximate surface area is 111 Å². The summed E-state index contributed by atoms with van der Waals surface area (Å²) in [5, 5.41) is 15.0. The van der Waals surface area contributed by atoms with E-state index in [9.17, 15) is 10.1 Å². The number of rotatable bonds is 5. The van der Waals surface area contributed by atoms with E-state index in [-0.39, 0.29) is 5.69 Å². The number of non-ortho nitro benzene ring substituents is 1. The number of hydrogen-bond donors (Lipinski definition) is 1. The highest BCUT2D eigenvalue weighted by Gasteiger charge is 2.10. The molecule has 0 saturated carbocycles. The van der Waals surface area contributed by atoms with Crippen molar-refractivity contribution < 1.29 is 4.92 Å². The lowest BCUT2D eigenvalue weighted by Gasteiger charge is -1.99. The quantitative estimate of drug-likeness (QED) is 0.661. The van der Waals surface area contributed by atoms with Crippen LogP contribution in [-0.2, 0) is 6.54 Å². The third-order valence-electron chi connectivity index (χ3n) is 2.88. The highest BCUT2D eigenvalue weighted by Crippen LogP contribution is 2.25. The van der Waals surface area contributed by atoms with Crippen LogP contribution in [0.15, 0.2) is 30.5 Å². The molecule has 0 atom stereocenters. The minimum atomic E-state index is -0.424. The number of benzene rings is 1. The summed E-state index contributed by atoms with van der Waals surface area (Å²) >= 11 is 0. The van der Waals surface area contributed by atoms with Crippen LogP contribution < -0.4 is 5.73 Å². The van der Waals surface area contributed by atoms with E-state index in [0.29, 0.717) is 11.4 Å². The van der Waals surface area contributed by atoms with E-state index in [1.54, 1.807) is 18.3 Å². The fraction of sp³-hybridized carbons (Fsp3) is 0.308. The second kappa shape index (κ2) is 5.51. The molecule has 6 heteroatoms. The molecule has 0 unspecified atom stereocenters. The predicted molar refractivity (Wildman–Crippen MR) is 73.6 cm³/mol. The number of hydrogen-bond acceptors (Lipinski definition) is 4. The van der Waals surface area contributed by atoms with Crippen LogP contribution in [0.5, 0.6) is 0 Å². The topological polar surface area (TPSA) is 87.0 Å². The minimum Gasteiger partial charge on any atom is -0.396 e. The number of anilines is 1. The standard InChI is InChI=1S/C13H16N4O2/c1-2-3-8-16-9-12(14)13(15-16)10-4-6-11(7-5-10)17(18)19/h4-7,9H,2-3,8,14H2,1H3. The van der Waals surface area contributed by atoms with Crippen LogP contribution >= 0.6 is 0 Å². The van der Waals surface area contributed by atoms with Gasteiger partial charge in [0.15, 0.2) is 0 Å². The zero-order valence-electron chi connectivity index (χ0n) is 10.7. The summed E-state index contributed by atoms with van der Waals surface area (Å²) in [6.07, 6.45) is 3.93. The highest BCUT2D eigenvalue weighted by atomic mass is 16.6. The van der Waals surface area contributed by atoms with Crippen molar-refractivity contribution in [2.24, 2.45) is 0 Å². The van der Waals surface area contributed by atoms with Crippen LogP contribution in [0.1, 0.15) is 19.8 Å². The molecule has 19 heavy (non-hydrogen) atoms. The molecule has 0 aliphatic carbocycles. The summed E-state index contributed by atoms with van der Waals surface area (Å²) in [7, 11) is 0. The predicted octanol–water partition coefficient (Wildman–Crippen LogP) is 2.84. The Morgan fingerprint density at radius 1 is 1.37 bits per heavy atom. The molecule has 0 amide bonds. The molecule has 2 aromatic rings. The number of nitrogens with zero attached hydrogens (tertiary/aromatic N) is 3. The molecule has 0 aliphatic heterocycles. The van der Waals surface area contributed by atoms with Gasteiger partial charge < -0.3 is 5.73 Å². The molecule has 1 heterocycles. The maximum absolute atomic E-state index is 10.6. The number of nitro groups is 1. The second-order valence-electron chi connectivity index (χ2n) is 4.35. The van der Waals surface area contributed by atoms with Gasteiger partial charge in [0.25, 0.3) is 5.69 Å². The molecule has 1 aromatic carbocycles. The lowest BCUT2D eigenvalue weighted by Crippen LogP contribution is -1.98. The fourth-order valence-corrected chi connectivity index (χ4v) is 1.84. The molecule has 0 saturated heterocycles. The van der Waals surface area contributed by atoms with Crippen molar-refractivity contribution in [3.63, 3.8) is 0 Å². The average Bonchev–Trinajstić information content (AvgIpc) is 2.77. The van der Waals surface area contributed by atoms with Gasteiger partial charge in [-0.05, 0) is 18.6 Å². The molecular formula is C13H16N4O2. The molecule has 0 aliphatic rings. The highest BCUT2D eigenvalue weighted by molar-refractivity contribution is 5.72. The lowest BCUT2D eigenvalue weighted by atomic mass is 10.1. The Morgan fingerprint density at radius 2 is 2.05 bits per heavy atom. The Bertz CT molecular complexity index is 575. The van der Waals surface area contributed by atoms with Gasteiger partial charge in [0.2, 0.25) is 0 Å². The summed E-state index contributed by atoms with van der Waals surface area (Å²) in [4.78, 5) is 10.2. The van der Waals surface area contributed by atoms with E-state index in [0.717, 1.165) is 24.9 Å². The first kappa shape index (κ1) is 13.1. The van der Waals surface area contributed by atoms with Gasteiger partial charge in [-0.2, -0.15) is 5.10 Å². The molecule has 0 bridgehead atoms. The maximum atomic E-state index is 10.6. The summed E-state index contributed by atoms with van der Waals surface area (Å²) in [6.45, 7) is 2.94. The van der Waals surface area contributed by atoms with Gasteiger partial charge in [-0.3, -0.25) is 14.8 Å². The normalized spacial score (nSPS) is 10.6. The first-order chi connectivity index (χ1) is 9.11. The monoisotopic (exact) mass is 260 g/mol. The van der Waals surface area contributed by atoms with Crippen molar-refractivity contribution in [2.75, 3.05) is 5.73 Å². The van der Waals surface area contributed by atoms with Crippen LogP contribution in [-0.4, -0.2) is 14.7 Å². The van der Waals surface area contributed by atoms with Gasteiger partial charge in [0, 0.05) is 30.4 Å². The van der Waals surface area contributed by atoms with Crippen LogP contribution in [0.4, 0.5) is 11.4 Å². The maximum Gasteiger partial charge on any atom is 0.269 e. The number of aryl methyl sites for hydroxylation is 1. The third kappa shape index (κ3) is 2.90. The summed E-state index contributed by atoms with van der Waals surface area (Å²) in [6, 6.07) is 6.25. The molecule has 0 spiro atoms. The first-order valence-corrected chi connectivity index (χ1v) is 6.19. The number of nitro benzene ring substituents is 1. The Morgan fingerprint density at radius 3 is 2.63 bits per heavy atom. The van der Waals surface area contributed by atoms with E-state index in [4.69, 9.17) is 5.73 Å². The van der Waals surface area contributed by atoms with Gasteiger partial charge in [-0.25, -0.2) is 0 Å². The minimum absolute atomic E-state index is 0.0627. The van der Waals surface area contributed by atoms with Crippen LogP contribution in [0.2, 0.25) is 0 Å². The van der Waals surface area contributed by atoms with E-state index < -0.39 is 4.92 Å². The van der Waals surface area contributed by atoms with E-state index >= 15 is 0 Å². The smallest absolute Gasteiger partial charge is 0.269 e. The van der Waals surface area contributed by atoms with E-state index in [1.165, 1.54) is 12.1 Å². The molecule has 6 nitrogen and oxygen atoms in total. The molecule has 0 radical (unpaired) electrons. The van der Waals surface area contributed by atoms with Crippen LogP contribution in [0.3, 0.4) is 0 Å². The Hall–Kier alpha value is -2.37. The largest absolute Gasteiger partial charge is 0.396 e. The Kier molecular flexibility index (Phi) is 3.79. The van der Waals surface area contributed by atoms with Crippen molar-refractivity contribution in [3.8, 4) is 11.3 Å². The average molecular weight is 260 g/mol. The number of unbranched alkanes of at least 4 members (excludes halogenated alkanes) is 1. The van der Waals surface area contributed by atoms with Gasteiger partial charge in [-0.15, -0.1) is 0 Å². The van der Waals surface area contributed by atoms with Gasteiger partial charge in [0.05, 0.1) is 10.6 Å². The lowest BCUT2D eigenvalue weighted by molar-refractivity contribution is -0.384. The van der Waals surface area contributed by atoms with Crippen LogP contribution in [0.25, 0.3) is 11.3 Å². The van der Waals surface area contributed by atoms with Crippen molar-refractivity contribution in [1.29, 1.82) is 0 Å². The van der Waals surface area contributed by atoms with Crippen molar-refractivity contribution in [3.05, 3.63) is 40.6 Å². The SMILES string of the molecule is CCCCn1cc(N)c(-c2ccc([N+](=O)[O-])cc2)n1. The molecular weight excluding hydrogens is 244 g/mol. The van der Waals surface area contributed by atoms with Gasteiger partial charge in [-0.1, -0.05) is 13.3 Å². The van der Waals surface area contributed by atoms with E-state index in [1.807, 2.05) is 4.68 Å². The molecule has 0 fully saturated rings. The van der Waals surface area contributed by atoms with Crippen LogP contribution in [0, 0.1) is 10.1 Å². The number of aromatic nitrogens is 2. The molecule has 2 N–H and O–H groups in total. The summed E-state index contributed by atoms with van der Waals surface area (Å²) < 4.78 is 1.82. The molecule has 100 valence electrons. The summed E-state index contributed by atoms with van der Waals surface area (Å²) in [5.41, 5.74) is 8.04. The third-order valence-corrected chi connectivity index (χ3v) is 2.88. The second-order valence-corrected chi connectivity index (χ2v) is 4.35. The van der Waals surface area contributed by atoms with Gasteiger partial charge >= 0.3 is 0 Å². The molecule has 2 rings (SSSR count). The Balaban J connectivity index is 2.25. The zero-order chi connectivity index (χ0) is 13.8. The van der Waals surface area contributed by atoms with Crippen molar-refractivity contribution in [1.82, 2.24) is 9.78 Å². The number of nitrogens with two attached hydrogens (primary N) is 1. The first-order valence-electron chi connectivity index (χ1n) is 6.19. The number of nitrogen functional groups attached to an aromatic ring is 1. The summed E-state index contributed by atoms with van der Waals surface area (Å²) in [5.74, 6) is 0. The van der Waals surface area contributed by atoms with Gasteiger partial charge in [0.1, 0.15) is 5.69 Å². The van der Waals surface area contributed by atoms with E-state index in [2.05, 4.69) is 12.0 Å². The van der Waals surface area contributed by atoms with Crippen molar-refractivity contribution in [2.45, 2.75) is 26.3 Å². The van der Waals surface area contributed by atoms with Crippen molar-refractivity contribution >= 4 is 11.4 Å². The fourth-order valence-electron chi connectivity index (χ4n) is 1.84.